The summed E-state index contributed by atoms with van der Waals surface area (Å²) in [5, 5.41) is 0. The third-order valence-corrected chi connectivity index (χ3v) is 4.03. The molecule has 2 heterocycles. The minimum Gasteiger partial charge on any atom is -0.388 e. The van der Waals surface area contributed by atoms with Crippen molar-refractivity contribution in [2.75, 3.05) is 20.1 Å². The van der Waals surface area contributed by atoms with E-state index in [1.807, 2.05) is 33.0 Å². The molecule has 1 aromatic heterocycles. The molecule has 1 aliphatic heterocycles. The number of aromatic nitrogens is 1. The van der Waals surface area contributed by atoms with Crippen molar-refractivity contribution >= 4 is 23.1 Å². The van der Waals surface area contributed by atoms with Crippen LogP contribution in [0.4, 0.5) is 0 Å². The molecule has 0 atom stereocenters. The Balaban J connectivity index is 2.19. The zero-order valence-corrected chi connectivity index (χ0v) is 12.9. The average Bonchev–Trinajstić information content (AvgIpc) is 2.40. The highest BCUT2D eigenvalue weighted by Crippen LogP contribution is 2.23. The Morgan fingerprint density at radius 2 is 2.20 bits per heavy atom. The Morgan fingerprint density at radius 3 is 2.85 bits per heavy atom. The lowest BCUT2D eigenvalue weighted by Gasteiger charge is -2.44. The van der Waals surface area contributed by atoms with Crippen LogP contribution in [0.5, 0.6) is 0 Å². The first kappa shape index (κ1) is 14.9. The molecule has 0 radical (unpaired) electrons. The van der Waals surface area contributed by atoms with Crippen LogP contribution in [-0.4, -0.2) is 51.4 Å². The maximum Gasteiger partial charge on any atom is 0.242 e. The Labute approximate surface area is 124 Å². The first-order valence-electron chi connectivity index (χ1n) is 6.57. The summed E-state index contributed by atoms with van der Waals surface area (Å²) in [6.07, 6.45) is 1.70. The van der Waals surface area contributed by atoms with E-state index in [0.29, 0.717) is 17.2 Å². The van der Waals surface area contributed by atoms with Crippen molar-refractivity contribution in [2.24, 2.45) is 5.73 Å². The molecule has 2 rings (SSSR count). The third-order valence-electron chi connectivity index (χ3n) is 3.82. The Bertz CT molecular complexity index is 544. The molecule has 2 N–H and O–H groups in total. The number of carbonyl (C=O) groups is 1. The number of rotatable bonds is 3. The molecule has 0 unspecified atom stereocenters. The first-order valence-corrected chi connectivity index (χ1v) is 6.98. The fraction of sp³-hybridized carbons (Fsp3) is 0.500. The van der Waals surface area contributed by atoms with Crippen LogP contribution in [-0.2, 0) is 11.3 Å². The molecule has 1 aromatic rings. The molecule has 108 valence electrons. The standard InChI is InChI=1S/C14H20N4OS/c1-14(2)13(19)17(3)6-7-18(14)9-10-4-5-16-11(8-10)12(15)20/h4-5,8H,6-7,9H2,1-3H3,(H2,15,20). The zero-order valence-electron chi connectivity index (χ0n) is 12.1. The first-order chi connectivity index (χ1) is 9.32. The minimum absolute atomic E-state index is 0.146. The maximum atomic E-state index is 12.3. The van der Waals surface area contributed by atoms with E-state index in [2.05, 4.69) is 9.88 Å². The molecular formula is C14H20N4OS. The predicted molar refractivity (Wildman–Crippen MR) is 82.3 cm³/mol. The van der Waals surface area contributed by atoms with Gasteiger partial charge in [0, 0.05) is 32.9 Å². The number of nitrogens with two attached hydrogens (primary N) is 1. The lowest BCUT2D eigenvalue weighted by atomic mass is 9.97. The number of piperazine rings is 1. The van der Waals surface area contributed by atoms with Gasteiger partial charge in [-0.15, -0.1) is 0 Å². The molecule has 6 heteroatoms. The summed E-state index contributed by atoms with van der Waals surface area (Å²) in [6.45, 7) is 6.20. The molecule has 0 bridgehead atoms. The highest BCUT2D eigenvalue weighted by molar-refractivity contribution is 7.80. The zero-order chi connectivity index (χ0) is 14.9. The molecule has 0 spiro atoms. The highest BCUT2D eigenvalue weighted by Gasteiger charge is 2.40. The van der Waals surface area contributed by atoms with Crippen LogP contribution >= 0.6 is 12.2 Å². The Hall–Kier alpha value is -1.53. The van der Waals surface area contributed by atoms with Gasteiger partial charge in [-0.05, 0) is 31.5 Å². The van der Waals surface area contributed by atoms with E-state index in [-0.39, 0.29) is 5.91 Å². The number of hydrogen-bond donors (Lipinski definition) is 1. The van der Waals surface area contributed by atoms with Crippen LogP contribution in [0.2, 0.25) is 0 Å². The van der Waals surface area contributed by atoms with Crippen molar-refractivity contribution < 1.29 is 4.79 Å². The normalized spacial score (nSPS) is 19.1. The second-order valence-electron chi connectivity index (χ2n) is 5.62. The van der Waals surface area contributed by atoms with Crippen molar-refractivity contribution in [1.29, 1.82) is 0 Å². The van der Waals surface area contributed by atoms with Crippen molar-refractivity contribution in [1.82, 2.24) is 14.8 Å². The molecule has 0 saturated carbocycles. The fourth-order valence-corrected chi connectivity index (χ4v) is 2.57. The predicted octanol–water partition coefficient (Wildman–Crippen LogP) is 0.768. The van der Waals surface area contributed by atoms with Gasteiger partial charge in [0.2, 0.25) is 5.91 Å². The third kappa shape index (κ3) is 2.81. The molecule has 1 aliphatic rings. The number of hydrogen-bond acceptors (Lipinski definition) is 4. The van der Waals surface area contributed by atoms with Crippen LogP contribution in [0.3, 0.4) is 0 Å². The van der Waals surface area contributed by atoms with E-state index in [0.717, 1.165) is 18.7 Å². The average molecular weight is 292 g/mol. The van der Waals surface area contributed by atoms with Gasteiger partial charge >= 0.3 is 0 Å². The SMILES string of the molecule is CN1CCN(Cc2ccnc(C(N)=S)c2)C(C)(C)C1=O. The second-order valence-corrected chi connectivity index (χ2v) is 6.06. The van der Waals surface area contributed by atoms with Crippen LogP contribution in [0, 0.1) is 0 Å². The molecule has 5 nitrogen and oxygen atoms in total. The number of amides is 1. The van der Waals surface area contributed by atoms with E-state index in [4.69, 9.17) is 18.0 Å². The quantitative estimate of drug-likeness (QED) is 0.834. The summed E-state index contributed by atoms with van der Waals surface area (Å²) < 4.78 is 0. The Morgan fingerprint density at radius 1 is 1.50 bits per heavy atom. The van der Waals surface area contributed by atoms with Gasteiger partial charge in [-0.1, -0.05) is 12.2 Å². The van der Waals surface area contributed by atoms with E-state index in [1.165, 1.54) is 0 Å². The fourth-order valence-electron chi connectivity index (χ4n) is 2.46. The number of thiocarbonyl (C=S) groups is 1. The molecule has 20 heavy (non-hydrogen) atoms. The molecule has 0 aliphatic carbocycles. The monoisotopic (exact) mass is 292 g/mol. The van der Waals surface area contributed by atoms with Crippen molar-refractivity contribution in [3.8, 4) is 0 Å². The van der Waals surface area contributed by atoms with Gasteiger partial charge in [-0.3, -0.25) is 14.7 Å². The maximum absolute atomic E-state index is 12.3. The summed E-state index contributed by atoms with van der Waals surface area (Å²) in [5.74, 6) is 0.146. The number of likely N-dealkylation sites (N-methyl/N-ethyl adjacent to an activating group) is 1. The summed E-state index contributed by atoms with van der Waals surface area (Å²) >= 11 is 4.95. The van der Waals surface area contributed by atoms with E-state index in [1.54, 1.807) is 11.1 Å². The summed E-state index contributed by atoms with van der Waals surface area (Å²) in [6, 6.07) is 3.82. The number of carbonyl (C=O) groups excluding carboxylic acids is 1. The molecule has 1 amide bonds. The summed E-state index contributed by atoms with van der Waals surface area (Å²) in [7, 11) is 1.85. The van der Waals surface area contributed by atoms with Crippen LogP contribution in [0.25, 0.3) is 0 Å². The van der Waals surface area contributed by atoms with Crippen molar-refractivity contribution in [3.63, 3.8) is 0 Å². The Kier molecular flexibility index (Phi) is 4.06. The van der Waals surface area contributed by atoms with Crippen molar-refractivity contribution in [2.45, 2.75) is 25.9 Å². The van der Waals surface area contributed by atoms with Gasteiger partial charge in [-0.25, -0.2) is 0 Å². The van der Waals surface area contributed by atoms with E-state index >= 15 is 0 Å². The molecular weight excluding hydrogens is 272 g/mol. The van der Waals surface area contributed by atoms with E-state index < -0.39 is 5.54 Å². The largest absolute Gasteiger partial charge is 0.388 e. The summed E-state index contributed by atoms with van der Waals surface area (Å²) in [5.41, 5.74) is 6.79. The smallest absolute Gasteiger partial charge is 0.242 e. The minimum atomic E-state index is -0.500. The number of nitrogens with zero attached hydrogens (tertiary/aromatic N) is 3. The molecule has 1 saturated heterocycles. The number of pyridine rings is 1. The summed E-state index contributed by atoms with van der Waals surface area (Å²) in [4.78, 5) is 20.6. The van der Waals surface area contributed by atoms with E-state index in [9.17, 15) is 4.79 Å². The van der Waals surface area contributed by atoms with Crippen LogP contribution in [0.1, 0.15) is 25.1 Å². The highest BCUT2D eigenvalue weighted by atomic mass is 32.1. The van der Waals surface area contributed by atoms with Gasteiger partial charge in [-0.2, -0.15) is 0 Å². The van der Waals surface area contributed by atoms with Crippen LogP contribution in [0.15, 0.2) is 18.3 Å². The van der Waals surface area contributed by atoms with Gasteiger partial charge in [0.15, 0.2) is 0 Å². The van der Waals surface area contributed by atoms with Gasteiger partial charge in [0.25, 0.3) is 0 Å². The van der Waals surface area contributed by atoms with Crippen molar-refractivity contribution in [3.05, 3.63) is 29.6 Å². The molecule has 0 aromatic carbocycles. The molecule has 1 fully saturated rings. The topological polar surface area (TPSA) is 62.5 Å². The lowest BCUT2D eigenvalue weighted by molar-refractivity contribution is -0.147. The van der Waals surface area contributed by atoms with Gasteiger partial charge in [0.1, 0.15) is 4.99 Å². The van der Waals surface area contributed by atoms with Gasteiger partial charge < -0.3 is 10.6 Å². The van der Waals surface area contributed by atoms with Crippen LogP contribution < -0.4 is 5.73 Å². The van der Waals surface area contributed by atoms with Gasteiger partial charge in [0.05, 0.1) is 11.2 Å². The second kappa shape index (κ2) is 5.46. The lowest BCUT2D eigenvalue weighted by Crippen LogP contribution is -2.61.